The SMILES string of the molecule is Cc1nc(C)c(S(=O)(=O)N(CC2CC2)C2CCC(C(O)(C(F)(F)F)C(F)(F)F)CC2)s1. The Hall–Kier alpha value is -0.920. The molecule has 1 N–H and O–H groups in total. The molecule has 0 unspecified atom stereocenters. The van der Waals surface area contributed by atoms with Crippen molar-refractivity contribution in [1.29, 1.82) is 0 Å². The van der Waals surface area contributed by atoms with E-state index in [2.05, 4.69) is 4.98 Å². The smallest absolute Gasteiger partial charge is 0.373 e. The fourth-order valence-electron chi connectivity index (χ4n) is 4.26. The van der Waals surface area contributed by atoms with Crippen LogP contribution in [0, 0.1) is 25.7 Å². The minimum Gasteiger partial charge on any atom is -0.373 e. The zero-order valence-corrected chi connectivity index (χ0v) is 18.6. The molecule has 0 aliphatic heterocycles. The van der Waals surface area contributed by atoms with E-state index in [1.807, 2.05) is 0 Å². The third-order valence-corrected chi connectivity index (χ3v) is 9.68. The summed E-state index contributed by atoms with van der Waals surface area (Å²) in [6, 6.07) is -0.727. The first-order valence-electron chi connectivity index (χ1n) is 9.90. The number of alkyl halides is 6. The highest BCUT2D eigenvalue weighted by atomic mass is 32.2. The van der Waals surface area contributed by atoms with E-state index < -0.39 is 52.8 Å². The predicted octanol–water partition coefficient (Wildman–Crippen LogP) is 4.58. The molecule has 31 heavy (non-hydrogen) atoms. The molecule has 2 fully saturated rings. The fourth-order valence-corrected chi connectivity index (χ4v) is 7.62. The summed E-state index contributed by atoms with van der Waals surface area (Å²) in [5.74, 6) is -1.95. The summed E-state index contributed by atoms with van der Waals surface area (Å²) in [5, 5.41) is 10.2. The van der Waals surface area contributed by atoms with Gasteiger partial charge in [0.2, 0.25) is 0 Å². The van der Waals surface area contributed by atoms with Crippen molar-refractivity contribution >= 4 is 21.4 Å². The quantitative estimate of drug-likeness (QED) is 0.588. The van der Waals surface area contributed by atoms with Gasteiger partial charge in [0.15, 0.2) is 4.21 Å². The highest BCUT2D eigenvalue weighted by molar-refractivity contribution is 7.91. The molecular formula is C18H24F6N2O3S2. The Balaban J connectivity index is 1.84. The van der Waals surface area contributed by atoms with E-state index in [9.17, 15) is 39.9 Å². The number of hydrogen-bond donors (Lipinski definition) is 1. The first-order valence-corrected chi connectivity index (χ1v) is 12.2. The number of hydrogen-bond acceptors (Lipinski definition) is 5. The average molecular weight is 495 g/mol. The van der Waals surface area contributed by atoms with Crippen LogP contribution >= 0.6 is 11.3 Å². The number of aryl methyl sites for hydroxylation is 2. The summed E-state index contributed by atoms with van der Waals surface area (Å²) in [6.45, 7) is 3.38. The monoisotopic (exact) mass is 494 g/mol. The van der Waals surface area contributed by atoms with E-state index in [-0.39, 0.29) is 29.5 Å². The van der Waals surface area contributed by atoms with Crippen LogP contribution in [0.3, 0.4) is 0 Å². The Morgan fingerprint density at radius 2 is 1.52 bits per heavy atom. The van der Waals surface area contributed by atoms with Crippen LogP contribution in [0.1, 0.15) is 49.2 Å². The molecule has 0 atom stereocenters. The van der Waals surface area contributed by atoms with E-state index in [1.54, 1.807) is 13.8 Å². The first-order chi connectivity index (χ1) is 14.1. The van der Waals surface area contributed by atoms with Crippen LogP contribution in [0.25, 0.3) is 0 Å². The molecule has 178 valence electrons. The molecule has 2 aliphatic carbocycles. The zero-order chi connectivity index (χ0) is 23.4. The molecule has 0 aromatic carbocycles. The maximum absolute atomic E-state index is 13.3. The lowest BCUT2D eigenvalue weighted by Crippen LogP contribution is -2.62. The molecule has 1 aromatic heterocycles. The first kappa shape index (κ1) is 24.7. The van der Waals surface area contributed by atoms with E-state index in [0.717, 1.165) is 24.2 Å². The number of aromatic nitrogens is 1. The van der Waals surface area contributed by atoms with E-state index in [4.69, 9.17) is 0 Å². The van der Waals surface area contributed by atoms with Gasteiger partial charge in [-0.05, 0) is 58.3 Å². The molecule has 0 saturated heterocycles. The summed E-state index contributed by atoms with van der Waals surface area (Å²) in [5.41, 5.74) is -4.49. The normalized spacial score (nSPS) is 24.1. The maximum atomic E-state index is 13.3. The van der Waals surface area contributed by atoms with Crippen molar-refractivity contribution in [2.24, 2.45) is 11.8 Å². The molecule has 1 heterocycles. The molecule has 3 rings (SSSR count). The number of nitrogens with zero attached hydrogens (tertiary/aromatic N) is 2. The second-order valence-electron chi connectivity index (χ2n) is 8.39. The number of halogens is 6. The van der Waals surface area contributed by atoms with Gasteiger partial charge in [-0.15, -0.1) is 11.3 Å². The van der Waals surface area contributed by atoms with E-state index >= 15 is 0 Å². The van der Waals surface area contributed by atoms with Gasteiger partial charge in [0.05, 0.1) is 10.7 Å². The lowest BCUT2D eigenvalue weighted by Gasteiger charge is -2.43. The minimum atomic E-state index is -5.88. The van der Waals surface area contributed by atoms with Crippen LogP contribution < -0.4 is 0 Å². The van der Waals surface area contributed by atoms with Crippen LogP contribution in [0.2, 0.25) is 0 Å². The molecule has 0 radical (unpaired) electrons. The van der Waals surface area contributed by atoms with Crippen LogP contribution in [-0.4, -0.2) is 53.4 Å². The fraction of sp³-hybridized carbons (Fsp3) is 0.833. The largest absolute Gasteiger partial charge is 0.426 e. The summed E-state index contributed by atoms with van der Waals surface area (Å²) >= 11 is 0.994. The number of thiazole rings is 1. The molecule has 0 spiro atoms. The number of aliphatic hydroxyl groups is 1. The zero-order valence-electron chi connectivity index (χ0n) is 16.9. The summed E-state index contributed by atoms with van der Waals surface area (Å²) in [4.78, 5) is 4.13. The number of sulfonamides is 1. The van der Waals surface area contributed by atoms with Gasteiger partial charge in [-0.3, -0.25) is 0 Å². The molecule has 2 aliphatic rings. The van der Waals surface area contributed by atoms with Crippen molar-refractivity contribution in [3.63, 3.8) is 0 Å². The molecule has 1 aromatic rings. The molecule has 0 amide bonds. The second-order valence-corrected chi connectivity index (χ2v) is 11.7. The molecule has 2 saturated carbocycles. The summed E-state index contributed by atoms with van der Waals surface area (Å²) in [6.07, 6.45) is -11.7. The summed E-state index contributed by atoms with van der Waals surface area (Å²) < 4.78 is 107. The van der Waals surface area contributed by atoms with Gasteiger partial charge in [-0.1, -0.05) is 0 Å². The van der Waals surface area contributed by atoms with E-state index in [1.165, 1.54) is 4.31 Å². The Kier molecular flexibility index (Phi) is 6.49. The third-order valence-electron chi connectivity index (χ3n) is 6.10. The van der Waals surface area contributed by atoms with Crippen LogP contribution in [0.15, 0.2) is 4.21 Å². The van der Waals surface area contributed by atoms with Crippen LogP contribution in [0.5, 0.6) is 0 Å². The lowest BCUT2D eigenvalue weighted by molar-refractivity contribution is -0.387. The van der Waals surface area contributed by atoms with Gasteiger partial charge in [0.25, 0.3) is 15.6 Å². The highest BCUT2D eigenvalue weighted by Crippen LogP contribution is 2.52. The summed E-state index contributed by atoms with van der Waals surface area (Å²) in [7, 11) is -3.99. The molecule has 0 bridgehead atoms. The van der Waals surface area contributed by atoms with Gasteiger partial charge >= 0.3 is 12.4 Å². The average Bonchev–Trinajstić information content (AvgIpc) is 3.39. The van der Waals surface area contributed by atoms with Gasteiger partial charge in [-0.25, -0.2) is 13.4 Å². The van der Waals surface area contributed by atoms with E-state index in [0.29, 0.717) is 10.7 Å². The Morgan fingerprint density at radius 3 is 1.90 bits per heavy atom. The van der Waals surface area contributed by atoms with Gasteiger partial charge < -0.3 is 5.11 Å². The standard InChI is InChI=1S/C18H24F6N2O3S2/c1-10-15(30-11(2)25-10)31(28,29)26(9-12-3-4-12)14-7-5-13(6-8-14)16(27,17(19,20)21)18(22,23)24/h12-14,27H,3-9H2,1-2H3. The lowest BCUT2D eigenvalue weighted by atomic mass is 9.74. The number of rotatable bonds is 6. The van der Waals surface area contributed by atoms with Crippen molar-refractivity contribution in [3.05, 3.63) is 10.7 Å². The Morgan fingerprint density at radius 1 is 1.00 bits per heavy atom. The van der Waals surface area contributed by atoms with Crippen molar-refractivity contribution in [2.45, 2.75) is 80.6 Å². The highest BCUT2D eigenvalue weighted by Gasteiger charge is 2.73. The van der Waals surface area contributed by atoms with Crippen molar-refractivity contribution in [1.82, 2.24) is 9.29 Å². The topological polar surface area (TPSA) is 70.5 Å². The Labute approximate surface area is 180 Å². The van der Waals surface area contributed by atoms with Gasteiger partial charge in [-0.2, -0.15) is 30.6 Å². The Bertz CT molecular complexity index is 886. The van der Waals surface area contributed by atoms with Crippen molar-refractivity contribution in [2.75, 3.05) is 6.54 Å². The second kappa shape index (κ2) is 8.14. The van der Waals surface area contributed by atoms with Gasteiger partial charge in [0, 0.05) is 18.5 Å². The van der Waals surface area contributed by atoms with Crippen molar-refractivity contribution in [3.8, 4) is 0 Å². The third kappa shape index (κ3) is 4.60. The molecule has 13 heteroatoms. The van der Waals surface area contributed by atoms with Crippen LogP contribution in [0.4, 0.5) is 26.3 Å². The molecule has 5 nitrogen and oxygen atoms in total. The predicted molar refractivity (Wildman–Crippen MR) is 101 cm³/mol. The minimum absolute atomic E-state index is 0.0508. The van der Waals surface area contributed by atoms with Crippen LogP contribution in [-0.2, 0) is 10.0 Å². The van der Waals surface area contributed by atoms with Gasteiger partial charge in [0.1, 0.15) is 0 Å². The molecular weight excluding hydrogens is 470 g/mol. The van der Waals surface area contributed by atoms with Crippen molar-refractivity contribution < 1.29 is 39.9 Å². The maximum Gasteiger partial charge on any atom is 0.426 e.